The number of rotatable bonds is 16. The molecule has 14 nitrogen and oxygen atoms in total. The molecule has 0 spiro atoms. The van der Waals surface area contributed by atoms with E-state index >= 15 is 9.59 Å². The third-order valence-corrected chi connectivity index (χ3v) is 12.4. The van der Waals surface area contributed by atoms with E-state index in [4.69, 9.17) is 18.7 Å². The van der Waals surface area contributed by atoms with E-state index in [0.717, 1.165) is 29.7 Å². The predicted molar refractivity (Wildman–Crippen MR) is 244 cm³/mol. The molecule has 64 heavy (non-hydrogen) atoms. The van der Waals surface area contributed by atoms with Crippen LogP contribution in [0.3, 0.4) is 0 Å². The van der Waals surface area contributed by atoms with Crippen LogP contribution in [0.4, 0.5) is 16.2 Å². The summed E-state index contributed by atoms with van der Waals surface area (Å²) in [5.41, 5.74) is 0.378. The molecule has 342 valence electrons. The highest BCUT2D eigenvalue weighted by Crippen LogP contribution is 2.58. The third kappa shape index (κ3) is 8.69. The first kappa shape index (κ1) is 46.1. The van der Waals surface area contributed by atoms with Crippen molar-refractivity contribution >= 4 is 29.0 Å². The second kappa shape index (κ2) is 18.7. The van der Waals surface area contributed by atoms with E-state index in [1.807, 2.05) is 62.3 Å². The zero-order valence-corrected chi connectivity index (χ0v) is 38.6. The molecule has 14 heteroatoms. The van der Waals surface area contributed by atoms with Gasteiger partial charge in [0.15, 0.2) is 22.9 Å². The summed E-state index contributed by atoms with van der Waals surface area (Å²) in [5.74, 6) is -4.25. The second-order valence-electron chi connectivity index (χ2n) is 18.6. The molecule has 7 rings (SSSR count). The van der Waals surface area contributed by atoms with Crippen molar-refractivity contribution < 1.29 is 43.3 Å². The van der Waals surface area contributed by atoms with Crippen molar-refractivity contribution in [3.8, 4) is 11.6 Å². The number of unbranched alkanes of at least 4 members (excludes halogenated alkanes) is 2. The Hall–Kier alpha value is -5.86. The van der Waals surface area contributed by atoms with Gasteiger partial charge in [0.25, 0.3) is 5.88 Å². The lowest BCUT2D eigenvalue weighted by Crippen LogP contribution is -2.68. The van der Waals surface area contributed by atoms with Crippen molar-refractivity contribution in [2.45, 2.75) is 103 Å². The fourth-order valence-electron chi connectivity index (χ4n) is 9.48. The molecule has 3 aliphatic rings. The van der Waals surface area contributed by atoms with Gasteiger partial charge in [0.1, 0.15) is 16.9 Å². The molecule has 1 heterocycles. The van der Waals surface area contributed by atoms with Gasteiger partial charge in [0.05, 0.1) is 30.5 Å². The van der Waals surface area contributed by atoms with Crippen molar-refractivity contribution in [1.82, 2.24) is 15.4 Å². The summed E-state index contributed by atoms with van der Waals surface area (Å²) in [6.45, 7) is 10.7. The van der Waals surface area contributed by atoms with Crippen LogP contribution in [0.25, 0.3) is 0 Å². The molecule has 3 N–H and O–H groups in total. The highest BCUT2D eigenvalue weighted by atomic mass is 16.6. The molecule has 0 radical (unpaired) electrons. The quantitative estimate of drug-likeness (QED) is 0.0923. The topological polar surface area (TPSA) is 167 Å². The van der Waals surface area contributed by atoms with E-state index in [0.29, 0.717) is 49.5 Å². The molecule has 0 unspecified atom stereocenters. The van der Waals surface area contributed by atoms with E-state index in [1.54, 1.807) is 39.8 Å². The van der Waals surface area contributed by atoms with E-state index in [9.17, 15) is 15.0 Å². The Labute approximate surface area is 376 Å². The van der Waals surface area contributed by atoms with Crippen molar-refractivity contribution in [2.75, 3.05) is 51.2 Å². The van der Waals surface area contributed by atoms with Gasteiger partial charge < -0.3 is 44.1 Å². The summed E-state index contributed by atoms with van der Waals surface area (Å²) in [6, 6.07) is 20.1. The molecule has 1 amide bonds. The Morgan fingerprint density at radius 3 is 2.03 bits per heavy atom. The van der Waals surface area contributed by atoms with E-state index < -0.39 is 58.5 Å². The average Bonchev–Trinajstić information content (AvgIpc) is 3.66. The number of ketones is 2. The van der Waals surface area contributed by atoms with E-state index in [1.165, 1.54) is 0 Å². The Morgan fingerprint density at radius 2 is 1.48 bits per heavy atom. The van der Waals surface area contributed by atoms with Crippen LogP contribution in [0, 0.1) is 11.8 Å². The number of aliphatic hydroxyl groups excluding tert-OH is 1. The van der Waals surface area contributed by atoms with E-state index in [-0.39, 0.29) is 41.4 Å². The van der Waals surface area contributed by atoms with Gasteiger partial charge in [-0.1, -0.05) is 87.4 Å². The minimum Gasteiger partial charge on any atom is -0.508 e. The summed E-state index contributed by atoms with van der Waals surface area (Å²) in [5, 5.41) is 33.1. The van der Waals surface area contributed by atoms with Gasteiger partial charge in [-0.25, -0.2) is 4.79 Å². The molecular weight excluding hydrogens is 815 g/mol. The van der Waals surface area contributed by atoms with Crippen LogP contribution in [0.15, 0.2) is 82.6 Å². The summed E-state index contributed by atoms with van der Waals surface area (Å²) in [7, 11) is 7.31. The number of hydrogen-bond acceptors (Lipinski definition) is 13. The van der Waals surface area contributed by atoms with Crippen molar-refractivity contribution in [1.29, 1.82) is 0 Å². The van der Waals surface area contributed by atoms with Gasteiger partial charge in [-0.15, -0.1) is 0 Å². The lowest BCUT2D eigenvalue weighted by Gasteiger charge is -2.53. The van der Waals surface area contributed by atoms with Gasteiger partial charge in [-0.3, -0.25) is 14.5 Å². The van der Waals surface area contributed by atoms with Crippen molar-refractivity contribution in [3.05, 3.63) is 112 Å². The Morgan fingerprint density at radius 1 is 0.891 bits per heavy atom. The second-order valence-corrected chi connectivity index (χ2v) is 18.6. The maximum atomic E-state index is 15.8. The zero-order valence-electron chi connectivity index (χ0n) is 38.6. The average molecular weight is 878 g/mol. The molecule has 5 atom stereocenters. The molecule has 0 saturated heterocycles. The minimum atomic E-state index is -2.74. The molecule has 0 fully saturated rings. The van der Waals surface area contributed by atoms with Crippen LogP contribution in [0.1, 0.15) is 110 Å². The number of Topliss-reactive ketones (excluding diaryl/α,β-unsaturated/α-hetero) is 2. The van der Waals surface area contributed by atoms with Crippen molar-refractivity contribution in [2.24, 2.45) is 11.8 Å². The van der Waals surface area contributed by atoms with Crippen molar-refractivity contribution in [3.63, 3.8) is 0 Å². The number of hydrogen-bond donors (Lipinski definition) is 3. The number of aromatic nitrogens is 1. The largest absolute Gasteiger partial charge is 0.508 e. The van der Waals surface area contributed by atoms with Crippen LogP contribution < -0.4 is 24.6 Å². The van der Waals surface area contributed by atoms with Crippen LogP contribution in [-0.2, 0) is 24.2 Å². The number of alkyl carbamates (subject to hydrolysis) is 1. The fourth-order valence-corrected chi connectivity index (χ4v) is 9.48. The lowest BCUT2D eigenvalue weighted by atomic mass is 9.56. The number of fused-ring (bicyclic) bond motifs is 4. The van der Waals surface area contributed by atoms with Gasteiger partial charge in [0.2, 0.25) is 5.78 Å². The summed E-state index contributed by atoms with van der Waals surface area (Å²) in [4.78, 5) is 50.8. The fraction of sp³-hybridized carbons (Fsp3) is 0.480. The molecule has 0 saturated carbocycles. The predicted octanol–water partition coefficient (Wildman–Crippen LogP) is 8.23. The Balaban J connectivity index is 1.49. The number of aliphatic hydroxyl groups is 2. The monoisotopic (exact) mass is 877 g/mol. The standard InChI is InChI=1S/C50H63N5O9/c1-10-12-24-61-43-35(55(28-30-20-16-14-17-21-30)29-31-22-18-15-19-23-31)27-34(53(6)7)32-26-33-37(42(56)36(32)43)45(57)50(60)39(40(33)51-48(59)63-49(3,4)5)41(54(8)9)44-38(46(50)58)47(52-64-44)62-25-13-11-2/h14-23,27,33,39-41,57,60H,10-13,24-26,28-29H2,1-9H3,(H,51,59)/t33-,39+,40+,41+,50+/m1/s1. The minimum absolute atomic E-state index is 0.117. The Bertz CT molecular complexity index is 2330. The summed E-state index contributed by atoms with van der Waals surface area (Å²) < 4.78 is 24.4. The maximum Gasteiger partial charge on any atom is 0.407 e. The highest BCUT2D eigenvalue weighted by Gasteiger charge is 2.68. The third-order valence-electron chi connectivity index (χ3n) is 12.4. The molecule has 3 aromatic carbocycles. The molecular formula is C50H63N5O9. The molecule has 1 aromatic heterocycles. The first-order valence-electron chi connectivity index (χ1n) is 22.4. The first-order chi connectivity index (χ1) is 30.5. The normalized spacial score (nSPS) is 21.4. The number of amides is 1. The Kier molecular flexibility index (Phi) is 13.5. The van der Waals surface area contributed by atoms with Gasteiger partial charge in [-0.2, -0.15) is 0 Å². The highest BCUT2D eigenvalue weighted by molar-refractivity contribution is 6.17. The number of anilines is 2. The number of ether oxygens (including phenoxy) is 3. The van der Waals surface area contributed by atoms with Crippen LogP contribution in [0.5, 0.6) is 11.6 Å². The first-order valence-corrected chi connectivity index (χ1v) is 22.4. The molecule has 4 aromatic rings. The maximum absolute atomic E-state index is 15.8. The number of nitrogens with zero attached hydrogens (tertiary/aromatic N) is 4. The van der Waals surface area contributed by atoms with Crippen LogP contribution >= 0.6 is 0 Å². The summed E-state index contributed by atoms with van der Waals surface area (Å²) in [6.07, 6.45) is 2.32. The van der Waals surface area contributed by atoms with Gasteiger partial charge >= 0.3 is 6.09 Å². The van der Waals surface area contributed by atoms with E-state index in [2.05, 4.69) is 52.6 Å². The number of benzene rings is 3. The van der Waals surface area contributed by atoms with Crippen LogP contribution in [-0.4, -0.2) is 96.6 Å². The lowest BCUT2D eigenvalue weighted by molar-refractivity contribution is -0.0704. The molecule has 0 aliphatic heterocycles. The smallest absolute Gasteiger partial charge is 0.407 e. The van der Waals surface area contributed by atoms with Gasteiger partial charge in [0, 0.05) is 56.3 Å². The number of nitrogens with one attached hydrogen (secondary N) is 1. The SMILES string of the molecule is CCCCOc1noc2c1C(=O)[C@@]1(O)C(O)=C3C(=O)c4c(c(N(C)C)cc(N(Cc5ccccc5)Cc5ccccc5)c4OCCCC)C[C@H]3[C@H](NC(=O)OC(C)(C)C)[C@H]1[C@@H]2N(C)C. The molecule has 3 aliphatic carbocycles. The molecule has 0 bridgehead atoms. The number of carbonyl (C=O) groups is 3. The summed E-state index contributed by atoms with van der Waals surface area (Å²) >= 11 is 0. The van der Waals surface area contributed by atoms with Crippen LogP contribution in [0.2, 0.25) is 0 Å². The number of carbonyl (C=O) groups excluding carboxylic acids is 3. The van der Waals surface area contributed by atoms with Gasteiger partial charge in [-0.05, 0) is 82.0 Å². The zero-order chi connectivity index (χ0) is 46.1.